The topological polar surface area (TPSA) is 54.2 Å². The van der Waals surface area contributed by atoms with Crippen LogP contribution in [0.2, 0.25) is 0 Å². The highest BCUT2D eigenvalue weighted by Gasteiger charge is 2.06. The van der Waals surface area contributed by atoms with Crippen LogP contribution in [0.1, 0.15) is 16.7 Å². The number of guanidine groups is 1. The second-order valence-corrected chi connectivity index (χ2v) is 6.25. The van der Waals surface area contributed by atoms with Gasteiger partial charge in [0.05, 0.1) is 5.69 Å². The average molecular weight is 365 g/mol. The lowest BCUT2D eigenvalue weighted by molar-refractivity contribution is 0.625. The number of benzene rings is 2. The number of aromatic nitrogens is 2. The number of rotatable bonds is 6. The molecule has 2 N–H and O–H groups in total. The number of nitrogens with one attached hydrogen (secondary N) is 2. The van der Waals surface area contributed by atoms with Crippen LogP contribution in [0.5, 0.6) is 0 Å². The Labute approximate surface area is 159 Å². The van der Waals surface area contributed by atoms with Gasteiger partial charge in [-0.1, -0.05) is 24.3 Å². The lowest BCUT2D eigenvalue weighted by atomic mass is 10.1. The number of para-hydroxylation sites is 1. The van der Waals surface area contributed by atoms with Gasteiger partial charge in [0.25, 0.3) is 0 Å². The van der Waals surface area contributed by atoms with Crippen LogP contribution in [0.3, 0.4) is 0 Å². The van der Waals surface area contributed by atoms with Gasteiger partial charge in [0.1, 0.15) is 5.82 Å². The molecule has 6 heteroatoms. The van der Waals surface area contributed by atoms with Crippen molar-refractivity contribution in [3.63, 3.8) is 0 Å². The van der Waals surface area contributed by atoms with E-state index in [9.17, 15) is 4.39 Å². The zero-order valence-electron chi connectivity index (χ0n) is 15.6. The molecule has 0 bridgehead atoms. The first kappa shape index (κ1) is 18.6. The molecule has 5 nitrogen and oxygen atoms in total. The van der Waals surface area contributed by atoms with E-state index in [4.69, 9.17) is 0 Å². The van der Waals surface area contributed by atoms with E-state index in [0.29, 0.717) is 13.1 Å². The van der Waals surface area contributed by atoms with Crippen molar-refractivity contribution in [3.05, 3.63) is 83.4 Å². The molecule has 1 heterocycles. The summed E-state index contributed by atoms with van der Waals surface area (Å²) in [6.07, 6.45) is 4.50. The van der Waals surface area contributed by atoms with E-state index in [1.165, 1.54) is 6.07 Å². The highest BCUT2D eigenvalue weighted by molar-refractivity contribution is 5.79. The minimum Gasteiger partial charge on any atom is -0.356 e. The van der Waals surface area contributed by atoms with Gasteiger partial charge >= 0.3 is 0 Å². The zero-order chi connectivity index (χ0) is 19.1. The van der Waals surface area contributed by atoms with Gasteiger partial charge in [0.15, 0.2) is 5.96 Å². The van der Waals surface area contributed by atoms with Crippen LogP contribution < -0.4 is 10.6 Å². The van der Waals surface area contributed by atoms with Crippen LogP contribution in [0, 0.1) is 12.7 Å². The quantitative estimate of drug-likeness (QED) is 0.521. The first-order valence-corrected chi connectivity index (χ1v) is 8.95. The van der Waals surface area contributed by atoms with E-state index in [-0.39, 0.29) is 5.82 Å². The van der Waals surface area contributed by atoms with E-state index in [2.05, 4.69) is 26.8 Å². The van der Waals surface area contributed by atoms with Crippen molar-refractivity contribution < 1.29 is 4.39 Å². The Hall–Kier alpha value is -3.15. The molecule has 3 aromatic rings. The molecule has 0 saturated carbocycles. The third-order valence-electron chi connectivity index (χ3n) is 4.40. The highest BCUT2D eigenvalue weighted by Crippen LogP contribution is 2.13. The van der Waals surface area contributed by atoms with Crippen LogP contribution >= 0.6 is 0 Å². The second kappa shape index (κ2) is 8.98. The number of hydrogen-bond acceptors (Lipinski definition) is 2. The third kappa shape index (κ3) is 4.94. The Morgan fingerprint density at radius 3 is 2.70 bits per heavy atom. The fourth-order valence-electron chi connectivity index (χ4n) is 2.95. The van der Waals surface area contributed by atoms with Crippen LogP contribution in [-0.2, 0) is 13.0 Å². The molecular weight excluding hydrogens is 341 g/mol. The van der Waals surface area contributed by atoms with Gasteiger partial charge in [0.2, 0.25) is 0 Å². The maximum atomic E-state index is 13.2. The number of nitrogens with zero attached hydrogens (tertiary/aromatic N) is 3. The van der Waals surface area contributed by atoms with Gasteiger partial charge in [0, 0.05) is 32.5 Å². The molecule has 2 aromatic carbocycles. The Morgan fingerprint density at radius 2 is 1.96 bits per heavy atom. The van der Waals surface area contributed by atoms with Gasteiger partial charge in [-0.3, -0.25) is 4.99 Å². The molecule has 0 spiro atoms. The van der Waals surface area contributed by atoms with Crippen LogP contribution in [0.25, 0.3) is 5.69 Å². The van der Waals surface area contributed by atoms with E-state index in [0.717, 1.165) is 34.8 Å². The maximum Gasteiger partial charge on any atom is 0.191 e. The molecule has 0 aliphatic rings. The SMILES string of the molecule is CN=C(NCCc1ccc(F)cc1C)NCc1ccccc1-n1cccn1. The summed E-state index contributed by atoms with van der Waals surface area (Å²) in [7, 11) is 1.75. The lowest BCUT2D eigenvalue weighted by Crippen LogP contribution is -2.38. The van der Waals surface area contributed by atoms with Gasteiger partial charge in [-0.25, -0.2) is 9.07 Å². The molecule has 0 unspecified atom stereocenters. The van der Waals surface area contributed by atoms with Gasteiger partial charge < -0.3 is 10.6 Å². The van der Waals surface area contributed by atoms with E-state index in [1.54, 1.807) is 19.3 Å². The van der Waals surface area contributed by atoms with E-state index in [1.807, 2.05) is 48.1 Å². The Bertz CT molecular complexity index is 903. The molecule has 0 radical (unpaired) electrons. The van der Waals surface area contributed by atoms with Crippen LogP contribution in [0.4, 0.5) is 4.39 Å². The van der Waals surface area contributed by atoms with Gasteiger partial charge in [-0.2, -0.15) is 5.10 Å². The summed E-state index contributed by atoms with van der Waals surface area (Å²) in [5, 5.41) is 11.0. The fraction of sp³-hybridized carbons (Fsp3) is 0.238. The molecule has 0 atom stereocenters. The second-order valence-electron chi connectivity index (χ2n) is 6.25. The average Bonchev–Trinajstić information content (AvgIpc) is 3.21. The van der Waals surface area contributed by atoms with Crippen LogP contribution in [0.15, 0.2) is 65.9 Å². The number of aliphatic imine (C=N–C) groups is 1. The summed E-state index contributed by atoms with van der Waals surface area (Å²) in [6.45, 7) is 3.27. The summed E-state index contributed by atoms with van der Waals surface area (Å²) < 4.78 is 15.0. The summed E-state index contributed by atoms with van der Waals surface area (Å²) in [5.41, 5.74) is 4.25. The predicted molar refractivity (Wildman–Crippen MR) is 107 cm³/mol. The largest absolute Gasteiger partial charge is 0.356 e. The lowest BCUT2D eigenvalue weighted by Gasteiger charge is -2.14. The molecule has 27 heavy (non-hydrogen) atoms. The third-order valence-corrected chi connectivity index (χ3v) is 4.40. The van der Waals surface area contributed by atoms with Gasteiger partial charge in [-0.05, 0) is 54.3 Å². The number of hydrogen-bond donors (Lipinski definition) is 2. The van der Waals surface area contributed by atoms with Crippen molar-refractivity contribution in [2.45, 2.75) is 19.9 Å². The molecule has 0 aliphatic heterocycles. The summed E-state index contributed by atoms with van der Waals surface area (Å²) in [5.74, 6) is 0.530. The monoisotopic (exact) mass is 365 g/mol. The summed E-state index contributed by atoms with van der Waals surface area (Å²) in [4.78, 5) is 4.28. The number of halogens is 1. The van der Waals surface area contributed by atoms with Gasteiger partial charge in [-0.15, -0.1) is 0 Å². The van der Waals surface area contributed by atoms with Crippen molar-refractivity contribution in [2.75, 3.05) is 13.6 Å². The van der Waals surface area contributed by atoms with Crippen LogP contribution in [-0.4, -0.2) is 29.3 Å². The van der Waals surface area contributed by atoms with Crippen molar-refractivity contribution >= 4 is 5.96 Å². The maximum absolute atomic E-state index is 13.2. The molecule has 0 fully saturated rings. The molecule has 0 aliphatic carbocycles. The fourth-order valence-corrected chi connectivity index (χ4v) is 2.95. The highest BCUT2D eigenvalue weighted by atomic mass is 19.1. The predicted octanol–water partition coefficient (Wildman–Crippen LogP) is 3.23. The first-order chi connectivity index (χ1) is 13.2. The molecule has 140 valence electrons. The minimum absolute atomic E-state index is 0.197. The molecular formula is C21H24FN5. The van der Waals surface area contributed by atoms with Crippen molar-refractivity contribution in [1.82, 2.24) is 20.4 Å². The van der Waals surface area contributed by atoms with Crippen molar-refractivity contribution in [3.8, 4) is 5.69 Å². The molecule has 0 amide bonds. The Kier molecular flexibility index (Phi) is 6.20. The zero-order valence-corrected chi connectivity index (χ0v) is 15.6. The molecule has 1 aromatic heterocycles. The van der Waals surface area contributed by atoms with Crippen molar-refractivity contribution in [1.29, 1.82) is 0 Å². The molecule has 0 saturated heterocycles. The first-order valence-electron chi connectivity index (χ1n) is 8.95. The van der Waals surface area contributed by atoms with Crippen molar-refractivity contribution in [2.24, 2.45) is 4.99 Å². The standard InChI is InChI=1S/C21H24FN5/c1-16-14-19(22)9-8-17(16)10-12-24-21(23-2)25-15-18-6-3-4-7-20(18)27-13-5-11-26-27/h3-9,11,13-14H,10,12,15H2,1-2H3,(H2,23,24,25). The number of aryl methyl sites for hydroxylation is 1. The minimum atomic E-state index is -0.197. The van der Waals surface area contributed by atoms with E-state index >= 15 is 0 Å². The normalized spacial score (nSPS) is 11.4. The smallest absolute Gasteiger partial charge is 0.191 e. The van der Waals surface area contributed by atoms with E-state index < -0.39 is 0 Å². The summed E-state index contributed by atoms with van der Waals surface area (Å²) in [6, 6.07) is 14.9. The molecule has 3 rings (SSSR count). The Balaban J connectivity index is 1.56. The Morgan fingerprint density at radius 1 is 1.11 bits per heavy atom. The summed E-state index contributed by atoms with van der Waals surface area (Å²) >= 11 is 0.